The van der Waals surface area contributed by atoms with Gasteiger partial charge in [0.2, 0.25) is 5.91 Å². The minimum Gasteiger partial charge on any atom is -0.338 e. The highest BCUT2D eigenvalue weighted by molar-refractivity contribution is 5.87. The van der Waals surface area contributed by atoms with Crippen LogP contribution in [-0.2, 0) is 11.3 Å². The highest BCUT2D eigenvalue weighted by Crippen LogP contribution is 2.13. The van der Waals surface area contributed by atoms with Crippen LogP contribution >= 0.6 is 0 Å². The molecular formula is C14H16N2O. The average molecular weight is 228 g/mol. The molecular weight excluding hydrogens is 212 g/mol. The molecule has 0 heterocycles. The van der Waals surface area contributed by atoms with E-state index in [0.29, 0.717) is 12.2 Å². The number of hydrogen-bond acceptors (Lipinski definition) is 1. The predicted molar refractivity (Wildman–Crippen MR) is 68.6 cm³/mol. The Bertz CT molecular complexity index is 462. The fourth-order valence-electron chi connectivity index (χ4n) is 1.38. The topological polar surface area (TPSA) is 24.7 Å². The molecule has 1 rings (SSSR count). The Balaban J connectivity index is 2.68. The number of allylic oxidation sites excluding steroid dienone is 1. The number of rotatable bonds is 3. The van der Waals surface area contributed by atoms with Gasteiger partial charge in [-0.15, -0.1) is 0 Å². The molecule has 0 aliphatic rings. The second kappa shape index (κ2) is 5.86. The maximum atomic E-state index is 11.7. The molecule has 0 unspecified atom stereocenters. The summed E-state index contributed by atoms with van der Waals surface area (Å²) in [6.45, 7) is 11.2. The third-order valence-corrected chi connectivity index (χ3v) is 2.27. The lowest BCUT2D eigenvalue weighted by Crippen LogP contribution is -2.24. The molecule has 88 valence electrons. The first-order valence-corrected chi connectivity index (χ1v) is 5.39. The summed E-state index contributed by atoms with van der Waals surface area (Å²) in [5, 5.41) is 0. The minimum atomic E-state index is -0.000689. The molecule has 0 spiro atoms. The summed E-state index contributed by atoms with van der Waals surface area (Å²) in [7, 11) is 1.77. The van der Waals surface area contributed by atoms with Gasteiger partial charge in [0, 0.05) is 19.7 Å². The second-order valence-electron chi connectivity index (χ2n) is 4.19. The number of carbonyl (C=O) groups is 1. The number of likely N-dealkylation sites (N-methyl/N-ethyl adjacent to an activating group) is 1. The van der Waals surface area contributed by atoms with E-state index in [-0.39, 0.29) is 5.91 Å². The number of hydrogen-bond donors (Lipinski definition) is 0. The summed E-state index contributed by atoms with van der Waals surface area (Å²) in [6, 6.07) is 7.28. The maximum absolute atomic E-state index is 11.7. The van der Waals surface area contributed by atoms with Crippen LogP contribution in [0.3, 0.4) is 0 Å². The van der Waals surface area contributed by atoms with Gasteiger partial charge >= 0.3 is 0 Å². The zero-order chi connectivity index (χ0) is 12.8. The van der Waals surface area contributed by atoms with Crippen molar-refractivity contribution in [2.24, 2.45) is 0 Å². The number of amides is 1. The molecule has 0 saturated carbocycles. The molecule has 0 atom stereocenters. The van der Waals surface area contributed by atoms with Crippen molar-refractivity contribution in [3.05, 3.63) is 52.9 Å². The summed E-state index contributed by atoms with van der Waals surface area (Å²) in [5.41, 5.74) is 2.63. The van der Waals surface area contributed by atoms with E-state index in [2.05, 4.69) is 4.85 Å². The third kappa shape index (κ3) is 4.12. The molecule has 0 aliphatic carbocycles. The first-order chi connectivity index (χ1) is 8.02. The van der Waals surface area contributed by atoms with E-state index in [4.69, 9.17) is 6.57 Å². The van der Waals surface area contributed by atoms with E-state index < -0.39 is 0 Å². The summed E-state index contributed by atoms with van der Waals surface area (Å²) in [5.74, 6) is -0.000689. The fraction of sp³-hybridized carbons (Fsp3) is 0.286. The van der Waals surface area contributed by atoms with E-state index in [0.717, 1.165) is 11.1 Å². The Hall–Kier alpha value is -2.08. The lowest BCUT2D eigenvalue weighted by Gasteiger charge is -2.15. The summed E-state index contributed by atoms with van der Waals surface area (Å²) < 4.78 is 0. The highest BCUT2D eigenvalue weighted by Gasteiger charge is 2.05. The molecule has 0 N–H and O–H groups in total. The van der Waals surface area contributed by atoms with Gasteiger partial charge in [-0.05, 0) is 19.4 Å². The molecule has 3 nitrogen and oxygen atoms in total. The van der Waals surface area contributed by atoms with Crippen LogP contribution in [0, 0.1) is 6.57 Å². The van der Waals surface area contributed by atoms with Gasteiger partial charge in [-0.3, -0.25) is 4.79 Å². The van der Waals surface area contributed by atoms with Crippen LogP contribution in [0.4, 0.5) is 5.69 Å². The normalized spacial score (nSPS) is 9.29. The molecule has 0 saturated heterocycles. The predicted octanol–water partition coefficient (Wildman–Crippen LogP) is 3.16. The maximum Gasteiger partial charge on any atom is 0.246 e. The number of benzene rings is 1. The first kappa shape index (κ1) is 13.0. The van der Waals surface area contributed by atoms with Crippen LogP contribution in [0.5, 0.6) is 0 Å². The van der Waals surface area contributed by atoms with Crippen molar-refractivity contribution in [1.29, 1.82) is 0 Å². The van der Waals surface area contributed by atoms with Gasteiger partial charge in [0.1, 0.15) is 0 Å². The fourth-order valence-corrected chi connectivity index (χ4v) is 1.38. The van der Waals surface area contributed by atoms with Crippen LogP contribution in [0.1, 0.15) is 19.4 Å². The van der Waals surface area contributed by atoms with Crippen molar-refractivity contribution in [3.8, 4) is 0 Å². The standard InChI is InChI=1S/C14H16N2O/c1-11(2)9-14(17)16(4)10-12-5-7-13(15-3)8-6-12/h5-9H,10H2,1-2,4H3. The molecule has 0 radical (unpaired) electrons. The zero-order valence-electron chi connectivity index (χ0n) is 10.4. The Morgan fingerprint density at radius 2 is 1.94 bits per heavy atom. The summed E-state index contributed by atoms with van der Waals surface area (Å²) in [4.78, 5) is 16.7. The quantitative estimate of drug-likeness (QED) is 0.576. The Labute approximate surface area is 102 Å². The highest BCUT2D eigenvalue weighted by atomic mass is 16.2. The van der Waals surface area contributed by atoms with Crippen LogP contribution in [0.15, 0.2) is 35.9 Å². The zero-order valence-corrected chi connectivity index (χ0v) is 10.4. The van der Waals surface area contributed by atoms with E-state index in [1.165, 1.54) is 0 Å². The van der Waals surface area contributed by atoms with E-state index in [9.17, 15) is 4.79 Å². The lowest BCUT2D eigenvalue weighted by molar-refractivity contribution is -0.125. The number of carbonyl (C=O) groups excluding carboxylic acids is 1. The Kier molecular flexibility index (Phi) is 4.47. The van der Waals surface area contributed by atoms with Crippen molar-refractivity contribution in [1.82, 2.24) is 4.90 Å². The van der Waals surface area contributed by atoms with Crippen LogP contribution in [-0.4, -0.2) is 17.9 Å². The largest absolute Gasteiger partial charge is 0.338 e. The molecule has 0 aromatic heterocycles. The van der Waals surface area contributed by atoms with E-state index in [1.807, 2.05) is 26.0 Å². The van der Waals surface area contributed by atoms with Gasteiger partial charge < -0.3 is 4.90 Å². The molecule has 0 bridgehead atoms. The van der Waals surface area contributed by atoms with Gasteiger partial charge in [-0.1, -0.05) is 29.8 Å². The van der Waals surface area contributed by atoms with Crippen molar-refractivity contribution >= 4 is 11.6 Å². The van der Waals surface area contributed by atoms with E-state index in [1.54, 1.807) is 30.2 Å². The molecule has 1 aromatic carbocycles. The smallest absolute Gasteiger partial charge is 0.246 e. The van der Waals surface area contributed by atoms with Crippen molar-refractivity contribution < 1.29 is 4.79 Å². The Morgan fingerprint density at radius 1 is 1.35 bits per heavy atom. The lowest BCUT2D eigenvalue weighted by atomic mass is 10.2. The van der Waals surface area contributed by atoms with Crippen LogP contribution in [0.25, 0.3) is 4.85 Å². The van der Waals surface area contributed by atoms with E-state index >= 15 is 0 Å². The molecule has 3 heteroatoms. The van der Waals surface area contributed by atoms with Crippen molar-refractivity contribution in [2.45, 2.75) is 20.4 Å². The molecule has 0 aliphatic heterocycles. The second-order valence-corrected chi connectivity index (χ2v) is 4.19. The Morgan fingerprint density at radius 3 is 2.41 bits per heavy atom. The van der Waals surface area contributed by atoms with Crippen molar-refractivity contribution in [2.75, 3.05) is 7.05 Å². The van der Waals surface area contributed by atoms with Gasteiger partial charge in [0.25, 0.3) is 0 Å². The summed E-state index contributed by atoms with van der Waals surface area (Å²) >= 11 is 0. The van der Waals surface area contributed by atoms with Crippen molar-refractivity contribution in [3.63, 3.8) is 0 Å². The molecule has 1 aromatic rings. The third-order valence-electron chi connectivity index (χ3n) is 2.27. The van der Waals surface area contributed by atoms with Crippen LogP contribution in [0.2, 0.25) is 0 Å². The van der Waals surface area contributed by atoms with Gasteiger partial charge in [0.15, 0.2) is 5.69 Å². The monoisotopic (exact) mass is 228 g/mol. The SMILES string of the molecule is [C-]#[N+]c1ccc(CN(C)C(=O)C=C(C)C)cc1. The molecule has 1 amide bonds. The van der Waals surface area contributed by atoms with Gasteiger partial charge in [0.05, 0.1) is 6.57 Å². The summed E-state index contributed by atoms with van der Waals surface area (Å²) in [6.07, 6.45) is 1.62. The number of nitrogens with zero attached hydrogens (tertiary/aromatic N) is 2. The van der Waals surface area contributed by atoms with Gasteiger partial charge in [-0.2, -0.15) is 0 Å². The van der Waals surface area contributed by atoms with Crippen LogP contribution < -0.4 is 0 Å². The molecule has 17 heavy (non-hydrogen) atoms. The average Bonchev–Trinajstić information content (AvgIpc) is 2.29. The first-order valence-electron chi connectivity index (χ1n) is 5.39. The molecule has 0 fully saturated rings. The minimum absolute atomic E-state index is 0.000689. The van der Waals surface area contributed by atoms with Gasteiger partial charge in [-0.25, -0.2) is 4.85 Å².